The summed E-state index contributed by atoms with van der Waals surface area (Å²) < 4.78 is 0. The summed E-state index contributed by atoms with van der Waals surface area (Å²) in [6, 6.07) is 8.06. The van der Waals surface area contributed by atoms with Crippen LogP contribution in [-0.2, 0) is 17.2 Å². The Morgan fingerprint density at radius 2 is 1.95 bits per heavy atom. The summed E-state index contributed by atoms with van der Waals surface area (Å²) in [6.45, 7) is 0.605. The number of hydrogen-bond donors (Lipinski definition) is 1. The first kappa shape index (κ1) is 15.4. The van der Waals surface area contributed by atoms with E-state index in [-0.39, 0.29) is 5.91 Å². The fourth-order valence-electron chi connectivity index (χ4n) is 2.92. The zero-order valence-electron chi connectivity index (χ0n) is 12.0. The Hall–Kier alpha value is -1.02. The van der Waals surface area contributed by atoms with Gasteiger partial charge in [0.1, 0.15) is 0 Å². The van der Waals surface area contributed by atoms with Crippen molar-refractivity contribution in [1.29, 1.82) is 0 Å². The number of carbonyl (C=O) groups is 1. The van der Waals surface area contributed by atoms with Crippen molar-refractivity contribution in [2.24, 2.45) is 5.92 Å². The second-order valence-electron chi connectivity index (χ2n) is 5.77. The van der Waals surface area contributed by atoms with Crippen molar-refractivity contribution < 1.29 is 4.79 Å². The van der Waals surface area contributed by atoms with Crippen molar-refractivity contribution in [3.05, 3.63) is 35.4 Å². The fourth-order valence-corrected chi connectivity index (χ4v) is 3.09. The van der Waals surface area contributed by atoms with E-state index in [0.717, 1.165) is 23.5 Å². The minimum Gasteiger partial charge on any atom is -0.352 e. The molecule has 0 radical (unpaired) electrons. The maximum atomic E-state index is 11.9. The van der Waals surface area contributed by atoms with Crippen molar-refractivity contribution in [3.63, 3.8) is 0 Å². The highest BCUT2D eigenvalue weighted by molar-refractivity contribution is 6.17. The lowest BCUT2D eigenvalue weighted by Crippen LogP contribution is -2.23. The minimum atomic E-state index is 0.173. The van der Waals surface area contributed by atoms with Gasteiger partial charge in [0.25, 0.3) is 0 Å². The SMILES string of the molecule is O=C(CCC1CCCCC1)NCc1cccc(CCl)c1. The average molecular weight is 294 g/mol. The van der Waals surface area contributed by atoms with E-state index in [2.05, 4.69) is 11.4 Å². The van der Waals surface area contributed by atoms with Crippen molar-refractivity contribution >= 4 is 17.5 Å². The van der Waals surface area contributed by atoms with Crippen molar-refractivity contribution in [3.8, 4) is 0 Å². The van der Waals surface area contributed by atoms with E-state index in [4.69, 9.17) is 11.6 Å². The van der Waals surface area contributed by atoms with Crippen LogP contribution in [0.15, 0.2) is 24.3 Å². The highest BCUT2D eigenvalue weighted by Gasteiger charge is 2.14. The van der Waals surface area contributed by atoms with Crippen LogP contribution in [0.3, 0.4) is 0 Å². The number of benzene rings is 1. The molecule has 0 aliphatic heterocycles. The smallest absolute Gasteiger partial charge is 0.220 e. The Labute approximate surface area is 126 Å². The van der Waals surface area contributed by atoms with E-state index in [0.29, 0.717) is 18.8 Å². The molecule has 2 nitrogen and oxygen atoms in total. The van der Waals surface area contributed by atoms with E-state index < -0.39 is 0 Å². The van der Waals surface area contributed by atoms with E-state index >= 15 is 0 Å². The first-order chi connectivity index (χ1) is 9.78. The molecule has 3 heteroatoms. The van der Waals surface area contributed by atoms with Gasteiger partial charge in [-0.25, -0.2) is 0 Å². The topological polar surface area (TPSA) is 29.1 Å². The second-order valence-corrected chi connectivity index (χ2v) is 6.04. The third kappa shape index (κ3) is 5.16. The van der Waals surface area contributed by atoms with Gasteiger partial charge in [-0.05, 0) is 23.5 Å². The van der Waals surface area contributed by atoms with Crippen LogP contribution in [0, 0.1) is 5.92 Å². The number of rotatable bonds is 6. The standard InChI is InChI=1S/C17H24ClNO/c18-12-15-7-4-8-16(11-15)13-19-17(20)10-9-14-5-2-1-3-6-14/h4,7-8,11,14H,1-3,5-6,9-10,12-13H2,(H,19,20). The molecule has 0 aromatic heterocycles. The number of amides is 1. The van der Waals surface area contributed by atoms with Gasteiger partial charge in [0.2, 0.25) is 5.91 Å². The molecule has 1 fully saturated rings. The maximum absolute atomic E-state index is 11.9. The summed E-state index contributed by atoms with van der Waals surface area (Å²) in [7, 11) is 0. The van der Waals surface area contributed by atoms with Crippen LogP contribution >= 0.6 is 11.6 Å². The van der Waals surface area contributed by atoms with Crippen LogP contribution in [0.5, 0.6) is 0 Å². The molecule has 2 rings (SSSR count). The maximum Gasteiger partial charge on any atom is 0.220 e. The van der Waals surface area contributed by atoms with Crippen molar-refractivity contribution in [2.75, 3.05) is 0 Å². The molecule has 1 aromatic rings. The largest absolute Gasteiger partial charge is 0.352 e. The second kappa shape index (κ2) is 8.31. The molecule has 0 spiro atoms. The van der Waals surface area contributed by atoms with E-state index in [1.165, 1.54) is 32.1 Å². The van der Waals surface area contributed by atoms with Crippen LogP contribution in [0.25, 0.3) is 0 Å². The van der Waals surface area contributed by atoms with Gasteiger partial charge in [0.15, 0.2) is 0 Å². The summed E-state index contributed by atoms with van der Waals surface area (Å²) in [5, 5.41) is 3.01. The Morgan fingerprint density at radius 1 is 1.20 bits per heavy atom. The van der Waals surface area contributed by atoms with Gasteiger partial charge in [-0.3, -0.25) is 4.79 Å². The molecule has 110 valence electrons. The zero-order valence-corrected chi connectivity index (χ0v) is 12.8. The van der Waals surface area contributed by atoms with Crippen LogP contribution in [0.4, 0.5) is 0 Å². The molecule has 1 saturated carbocycles. The highest BCUT2D eigenvalue weighted by atomic mass is 35.5. The monoisotopic (exact) mass is 293 g/mol. The van der Waals surface area contributed by atoms with E-state index in [1.54, 1.807) is 0 Å². The van der Waals surface area contributed by atoms with Crippen LogP contribution < -0.4 is 5.32 Å². The molecule has 1 aromatic carbocycles. The van der Waals surface area contributed by atoms with Gasteiger partial charge in [-0.15, -0.1) is 11.6 Å². The highest BCUT2D eigenvalue weighted by Crippen LogP contribution is 2.27. The van der Waals surface area contributed by atoms with Gasteiger partial charge in [0.05, 0.1) is 0 Å². The number of alkyl halides is 1. The lowest BCUT2D eigenvalue weighted by Gasteiger charge is -2.21. The van der Waals surface area contributed by atoms with Crippen molar-refractivity contribution in [1.82, 2.24) is 5.32 Å². The molecule has 1 N–H and O–H groups in total. The molecule has 1 aliphatic carbocycles. The summed E-state index contributed by atoms with van der Waals surface area (Å²) in [4.78, 5) is 11.9. The predicted molar refractivity (Wildman–Crippen MR) is 83.7 cm³/mol. The summed E-state index contributed by atoms with van der Waals surface area (Å²) in [5.74, 6) is 1.46. The summed E-state index contributed by atoms with van der Waals surface area (Å²) in [5.41, 5.74) is 2.22. The average Bonchev–Trinajstić information content (AvgIpc) is 2.52. The molecule has 0 saturated heterocycles. The normalized spacial score (nSPS) is 16.1. The Balaban J connectivity index is 1.68. The molecular weight excluding hydrogens is 270 g/mol. The quantitative estimate of drug-likeness (QED) is 0.774. The minimum absolute atomic E-state index is 0.173. The van der Waals surface area contributed by atoms with Gasteiger partial charge >= 0.3 is 0 Å². The molecule has 1 aliphatic rings. The number of carbonyl (C=O) groups excluding carboxylic acids is 1. The van der Waals surface area contributed by atoms with Gasteiger partial charge in [-0.2, -0.15) is 0 Å². The molecule has 1 amide bonds. The molecule has 0 heterocycles. The number of nitrogens with one attached hydrogen (secondary N) is 1. The van der Waals surface area contributed by atoms with Crippen molar-refractivity contribution in [2.45, 2.75) is 57.4 Å². The number of hydrogen-bond acceptors (Lipinski definition) is 1. The lowest BCUT2D eigenvalue weighted by atomic mass is 9.86. The Bertz CT molecular complexity index is 427. The third-order valence-corrected chi connectivity index (χ3v) is 4.45. The first-order valence-corrected chi connectivity index (χ1v) is 8.22. The van der Waals surface area contributed by atoms with Crippen LogP contribution in [0.2, 0.25) is 0 Å². The van der Waals surface area contributed by atoms with Crippen LogP contribution in [0.1, 0.15) is 56.1 Å². The first-order valence-electron chi connectivity index (χ1n) is 7.68. The molecule has 20 heavy (non-hydrogen) atoms. The van der Waals surface area contributed by atoms with E-state index in [1.807, 2.05) is 18.2 Å². The number of halogens is 1. The fraction of sp³-hybridized carbons (Fsp3) is 0.588. The van der Waals surface area contributed by atoms with Gasteiger partial charge in [0, 0.05) is 18.8 Å². The summed E-state index contributed by atoms with van der Waals surface area (Å²) >= 11 is 5.81. The molecule has 0 atom stereocenters. The Morgan fingerprint density at radius 3 is 2.70 bits per heavy atom. The van der Waals surface area contributed by atoms with Crippen LogP contribution in [-0.4, -0.2) is 5.91 Å². The molecule has 0 bridgehead atoms. The van der Waals surface area contributed by atoms with Gasteiger partial charge in [-0.1, -0.05) is 56.4 Å². The lowest BCUT2D eigenvalue weighted by molar-refractivity contribution is -0.121. The zero-order chi connectivity index (χ0) is 14.2. The molecular formula is C17H24ClNO. The predicted octanol–water partition coefficient (Wildman–Crippen LogP) is 4.40. The molecule has 0 unspecified atom stereocenters. The Kier molecular flexibility index (Phi) is 6.38. The van der Waals surface area contributed by atoms with E-state index in [9.17, 15) is 4.79 Å². The summed E-state index contributed by atoms with van der Waals surface area (Å²) in [6.07, 6.45) is 8.40. The van der Waals surface area contributed by atoms with Gasteiger partial charge < -0.3 is 5.32 Å². The third-order valence-electron chi connectivity index (χ3n) is 4.14.